The van der Waals surface area contributed by atoms with Crippen LogP contribution in [0.1, 0.15) is 29.7 Å². The Hall–Kier alpha value is -3.65. The summed E-state index contributed by atoms with van der Waals surface area (Å²) in [7, 11) is 1.54. The summed E-state index contributed by atoms with van der Waals surface area (Å²) in [6.45, 7) is 2.12. The number of ether oxygens (including phenoxy) is 2. The second kappa shape index (κ2) is 11.8. The van der Waals surface area contributed by atoms with Crippen LogP contribution in [-0.2, 0) is 16.2 Å². The van der Waals surface area contributed by atoms with Gasteiger partial charge >= 0.3 is 11.8 Å². The quantitative estimate of drug-likeness (QED) is 0.268. The van der Waals surface area contributed by atoms with Gasteiger partial charge in [-0.2, -0.15) is 5.10 Å². The van der Waals surface area contributed by atoms with Gasteiger partial charge in [0.1, 0.15) is 6.61 Å². The highest BCUT2D eigenvalue weighted by molar-refractivity contribution is 9.10. The van der Waals surface area contributed by atoms with Crippen molar-refractivity contribution in [3.8, 4) is 11.5 Å². The Morgan fingerprint density at radius 1 is 1.00 bits per heavy atom. The molecule has 0 heterocycles. The molecule has 0 aliphatic carbocycles. The molecule has 170 valence electrons. The maximum absolute atomic E-state index is 12.2. The van der Waals surface area contributed by atoms with E-state index in [9.17, 15) is 9.59 Å². The summed E-state index contributed by atoms with van der Waals surface area (Å²) in [5, 5.41) is 6.56. The molecule has 0 aliphatic rings. The molecule has 0 aliphatic heterocycles. The van der Waals surface area contributed by atoms with Gasteiger partial charge in [-0.3, -0.25) is 9.59 Å². The van der Waals surface area contributed by atoms with Gasteiger partial charge in [-0.1, -0.05) is 64.5 Å². The second-order valence-corrected chi connectivity index (χ2v) is 8.01. The van der Waals surface area contributed by atoms with Crippen LogP contribution in [-0.4, -0.2) is 25.1 Å². The first-order valence-corrected chi connectivity index (χ1v) is 11.0. The number of rotatable bonds is 8. The SMILES string of the molecule is COc1cccc(/C=N\NC(=O)C(=O)N[C@H](C)c2ccccc2)c1OCc1ccc(Br)cc1. The maximum atomic E-state index is 12.2. The zero-order valence-corrected chi connectivity index (χ0v) is 19.8. The normalized spacial score (nSPS) is 11.6. The molecule has 0 saturated heterocycles. The van der Waals surface area contributed by atoms with Crippen molar-refractivity contribution in [1.82, 2.24) is 10.7 Å². The fourth-order valence-corrected chi connectivity index (χ4v) is 3.25. The Morgan fingerprint density at radius 2 is 1.73 bits per heavy atom. The molecule has 1 atom stereocenters. The molecule has 3 aromatic carbocycles. The van der Waals surface area contributed by atoms with Crippen molar-refractivity contribution >= 4 is 34.0 Å². The maximum Gasteiger partial charge on any atom is 0.329 e. The molecule has 33 heavy (non-hydrogen) atoms. The summed E-state index contributed by atoms with van der Waals surface area (Å²) in [5.74, 6) is -0.644. The number of carbonyl (C=O) groups excluding carboxylic acids is 2. The van der Waals surface area contributed by atoms with Crippen LogP contribution in [0.5, 0.6) is 11.5 Å². The summed E-state index contributed by atoms with van der Waals surface area (Å²) < 4.78 is 12.3. The molecule has 0 spiro atoms. The minimum atomic E-state index is -0.866. The first-order valence-electron chi connectivity index (χ1n) is 10.2. The summed E-state index contributed by atoms with van der Waals surface area (Å²) in [6.07, 6.45) is 1.41. The van der Waals surface area contributed by atoms with E-state index in [4.69, 9.17) is 9.47 Å². The highest BCUT2D eigenvalue weighted by atomic mass is 79.9. The third-order valence-electron chi connectivity index (χ3n) is 4.75. The van der Waals surface area contributed by atoms with Crippen molar-refractivity contribution in [2.24, 2.45) is 5.10 Å². The molecule has 0 saturated carbocycles. The highest BCUT2D eigenvalue weighted by Crippen LogP contribution is 2.31. The first-order chi connectivity index (χ1) is 16.0. The Labute approximate surface area is 200 Å². The van der Waals surface area contributed by atoms with Crippen LogP contribution in [0, 0.1) is 0 Å². The summed E-state index contributed by atoms with van der Waals surface area (Å²) in [4.78, 5) is 24.3. The van der Waals surface area contributed by atoms with E-state index < -0.39 is 11.8 Å². The Bertz CT molecular complexity index is 1120. The lowest BCUT2D eigenvalue weighted by atomic mass is 10.1. The van der Waals surface area contributed by atoms with Gasteiger partial charge in [0.25, 0.3) is 0 Å². The van der Waals surface area contributed by atoms with Crippen molar-refractivity contribution in [3.63, 3.8) is 0 Å². The molecule has 2 N–H and O–H groups in total. The van der Waals surface area contributed by atoms with Crippen LogP contribution in [0.3, 0.4) is 0 Å². The van der Waals surface area contributed by atoms with E-state index in [1.807, 2.05) is 54.6 Å². The van der Waals surface area contributed by atoms with Gasteiger partial charge in [-0.05, 0) is 42.3 Å². The van der Waals surface area contributed by atoms with E-state index in [0.29, 0.717) is 23.7 Å². The largest absolute Gasteiger partial charge is 0.493 e. The van der Waals surface area contributed by atoms with Crippen molar-refractivity contribution in [1.29, 1.82) is 0 Å². The van der Waals surface area contributed by atoms with Gasteiger partial charge in [-0.15, -0.1) is 0 Å². The van der Waals surface area contributed by atoms with E-state index in [-0.39, 0.29) is 6.04 Å². The van der Waals surface area contributed by atoms with Crippen LogP contribution < -0.4 is 20.2 Å². The number of hydrogen-bond acceptors (Lipinski definition) is 5. The van der Waals surface area contributed by atoms with Crippen molar-refractivity contribution in [2.45, 2.75) is 19.6 Å². The van der Waals surface area contributed by atoms with Crippen LogP contribution in [0.2, 0.25) is 0 Å². The van der Waals surface area contributed by atoms with Crippen LogP contribution >= 0.6 is 15.9 Å². The van der Waals surface area contributed by atoms with E-state index >= 15 is 0 Å². The second-order valence-electron chi connectivity index (χ2n) is 7.10. The topological polar surface area (TPSA) is 89.0 Å². The monoisotopic (exact) mass is 509 g/mol. The fourth-order valence-electron chi connectivity index (χ4n) is 2.98. The predicted octanol–water partition coefficient (Wildman–Crippen LogP) is 4.36. The number of hydrogen-bond donors (Lipinski definition) is 2. The van der Waals surface area contributed by atoms with Gasteiger partial charge in [0, 0.05) is 10.0 Å². The highest BCUT2D eigenvalue weighted by Gasteiger charge is 2.16. The third kappa shape index (κ3) is 6.92. The molecule has 0 fully saturated rings. The number of nitrogens with one attached hydrogen (secondary N) is 2. The Balaban J connectivity index is 1.63. The lowest BCUT2D eigenvalue weighted by molar-refractivity contribution is -0.139. The van der Waals surface area contributed by atoms with Gasteiger partial charge < -0.3 is 14.8 Å². The summed E-state index contributed by atoms with van der Waals surface area (Å²) in [6, 6.07) is 22.1. The molecule has 3 aromatic rings. The number of para-hydroxylation sites is 1. The Morgan fingerprint density at radius 3 is 2.42 bits per heavy atom. The van der Waals surface area contributed by atoms with Crippen molar-refractivity contribution in [3.05, 3.63) is 94.0 Å². The average molecular weight is 510 g/mol. The molecule has 2 amide bonds. The molecular formula is C25H24BrN3O4. The van der Waals surface area contributed by atoms with E-state index in [1.54, 1.807) is 32.2 Å². The number of carbonyl (C=O) groups is 2. The number of halogens is 1. The number of hydrazone groups is 1. The predicted molar refractivity (Wildman–Crippen MR) is 130 cm³/mol. The number of nitrogens with zero attached hydrogens (tertiary/aromatic N) is 1. The molecule has 0 unspecified atom stereocenters. The minimum Gasteiger partial charge on any atom is -0.493 e. The van der Waals surface area contributed by atoms with E-state index in [0.717, 1.165) is 15.6 Å². The molecule has 0 aromatic heterocycles. The zero-order valence-electron chi connectivity index (χ0n) is 18.2. The average Bonchev–Trinajstić information content (AvgIpc) is 2.84. The van der Waals surface area contributed by atoms with Gasteiger partial charge in [0.15, 0.2) is 11.5 Å². The number of benzene rings is 3. The van der Waals surface area contributed by atoms with Crippen molar-refractivity contribution in [2.75, 3.05) is 7.11 Å². The molecule has 0 radical (unpaired) electrons. The van der Waals surface area contributed by atoms with Gasteiger partial charge in [0.05, 0.1) is 19.4 Å². The number of amides is 2. The summed E-state index contributed by atoms with van der Waals surface area (Å²) in [5.41, 5.74) is 4.71. The summed E-state index contributed by atoms with van der Waals surface area (Å²) >= 11 is 3.41. The minimum absolute atomic E-state index is 0.314. The third-order valence-corrected chi connectivity index (χ3v) is 5.28. The lowest BCUT2D eigenvalue weighted by Gasteiger charge is -2.14. The van der Waals surface area contributed by atoms with Crippen LogP contribution in [0.25, 0.3) is 0 Å². The smallest absolute Gasteiger partial charge is 0.329 e. The van der Waals surface area contributed by atoms with Crippen LogP contribution in [0.15, 0.2) is 82.4 Å². The van der Waals surface area contributed by atoms with Crippen molar-refractivity contribution < 1.29 is 19.1 Å². The standard InChI is InChI=1S/C25H24BrN3O4/c1-17(19-7-4-3-5-8-19)28-24(30)25(31)29-27-15-20-9-6-10-22(32-2)23(20)33-16-18-11-13-21(26)14-12-18/h3-15,17H,16H2,1-2H3,(H,28,30)(H,29,31)/b27-15-/t17-/m1/s1. The molecule has 8 heteroatoms. The molecule has 0 bridgehead atoms. The lowest BCUT2D eigenvalue weighted by Crippen LogP contribution is -2.39. The van der Waals surface area contributed by atoms with Gasteiger partial charge in [-0.25, -0.2) is 5.43 Å². The van der Waals surface area contributed by atoms with E-state index in [2.05, 4.69) is 31.8 Å². The first kappa shape index (κ1) is 24.0. The molecule has 7 nitrogen and oxygen atoms in total. The van der Waals surface area contributed by atoms with Crippen LogP contribution in [0.4, 0.5) is 0 Å². The Kier molecular flexibility index (Phi) is 8.60. The fraction of sp³-hybridized carbons (Fsp3) is 0.160. The molecular weight excluding hydrogens is 486 g/mol. The van der Waals surface area contributed by atoms with E-state index in [1.165, 1.54) is 6.21 Å². The molecule has 3 rings (SSSR count). The zero-order chi connectivity index (χ0) is 23.6. The number of methoxy groups -OCH3 is 1. The van der Waals surface area contributed by atoms with Gasteiger partial charge in [0.2, 0.25) is 0 Å².